The average Bonchev–Trinajstić information content (AvgIpc) is 2.99. The number of hydrogen-bond acceptors (Lipinski definition) is 11. The summed E-state index contributed by atoms with van der Waals surface area (Å²) in [5, 5.41) is 40.7. The van der Waals surface area contributed by atoms with E-state index in [0.717, 1.165) is 6.92 Å². The van der Waals surface area contributed by atoms with E-state index in [9.17, 15) is 44.0 Å². The molecule has 0 radical (unpaired) electrons. The largest absolute Gasteiger partial charge is 0.370 e. The van der Waals surface area contributed by atoms with E-state index in [2.05, 4.69) is 26.3 Å². The molecule has 0 bridgehead atoms. The minimum absolute atomic E-state index is 0.00330. The monoisotopic (exact) mass is 658 g/mol. The first kappa shape index (κ1) is 39.5. The van der Waals surface area contributed by atoms with Crippen molar-refractivity contribution in [2.75, 3.05) is 26.2 Å². The molecule has 0 aromatic rings. The first-order valence-corrected chi connectivity index (χ1v) is 14.8. The summed E-state index contributed by atoms with van der Waals surface area (Å²) >= 11 is 0. The second kappa shape index (κ2) is 20.5. The number of carbonyl (C=O) groups is 7. The highest BCUT2D eigenvalue weighted by Crippen LogP contribution is 2.11. The fourth-order valence-electron chi connectivity index (χ4n) is 4.48. The van der Waals surface area contributed by atoms with E-state index >= 15 is 0 Å². The number of carbonyl (C=O) groups excluding carboxylic acids is 7. The van der Waals surface area contributed by atoms with Gasteiger partial charge in [-0.15, -0.1) is 0 Å². The summed E-state index contributed by atoms with van der Waals surface area (Å²) in [6.45, 7) is 2.09. The van der Waals surface area contributed by atoms with Crippen LogP contribution in [-0.4, -0.2) is 129 Å². The fraction of sp³-hybridized carbons (Fsp3) is 0.692. The van der Waals surface area contributed by atoms with Gasteiger partial charge in [-0.25, -0.2) is 15.2 Å². The number of guanidine groups is 1. The first-order valence-electron chi connectivity index (χ1n) is 14.8. The van der Waals surface area contributed by atoms with Crippen LogP contribution in [0.15, 0.2) is 4.99 Å². The van der Waals surface area contributed by atoms with Crippen LogP contribution in [0.5, 0.6) is 0 Å². The number of nitrogens with zero attached hydrogens (tertiary/aromatic N) is 4. The summed E-state index contributed by atoms with van der Waals surface area (Å²) in [4.78, 5) is 88.4. The molecule has 46 heavy (non-hydrogen) atoms. The highest BCUT2D eigenvalue weighted by atomic mass is 16.5. The third kappa shape index (κ3) is 14.9. The van der Waals surface area contributed by atoms with Crippen LogP contribution in [-0.2, 0) is 33.6 Å². The lowest BCUT2D eigenvalue weighted by molar-refractivity contribution is -0.169. The predicted octanol–water partition coefficient (Wildman–Crippen LogP) is -3.34. The fourth-order valence-corrected chi connectivity index (χ4v) is 4.48. The summed E-state index contributed by atoms with van der Waals surface area (Å²) in [6, 6.07) is -4.16. The van der Waals surface area contributed by atoms with Gasteiger partial charge in [-0.2, -0.15) is 0 Å². The number of piperazine rings is 1. The topological polar surface area (TPSA) is 302 Å². The Morgan fingerprint density at radius 1 is 0.848 bits per heavy atom. The van der Waals surface area contributed by atoms with Crippen molar-refractivity contribution in [1.82, 2.24) is 36.5 Å². The molecule has 1 aliphatic heterocycles. The van der Waals surface area contributed by atoms with Gasteiger partial charge in [0.1, 0.15) is 24.2 Å². The Kier molecular flexibility index (Phi) is 17.6. The number of aliphatic imine (C=N–C) groups is 1. The Morgan fingerprint density at radius 3 is 1.91 bits per heavy atom. The Balaban J connectivity index is 2.79. The van der Waals surface area contributed by atoms with Crippen molar-refractivity contribution >= 4 is 47.8 Å². The van der Waals surface area contributed by atoms with Gasteiger partial charge in [0.25, 0.3) is 5.91 Å². The molecule has 20 nitrogen and oxygen atoms in total. The van der Waals surface area contributed by atoms with Crippen LogP contribution in [0.25, 0.3) is 0 Å². The molecule has 0 spiro atoms. The van der Waals surface area contributed by atoms with Gasteiger partial charge in [0.05, 0.1) is 0 Å². The van der Waals surface area contributed by atoms with E-state index in [0.29, 0.717) is 15.2 Å². The second-order valence-electron chi connectivity index (χ2n) is 10.7. The maximum absolute atomic E-state index is 13.2. The normalized spacial score (nSPS) is 17.0. The molecule has 0 saturated carbocycles. The molecule has 7 amide bonds. The zero-order valence-corrected chi connectivity index (χ0v) is 26.0. The van der Waals surface area contributed by atoms with E-state index < -0.39 is 59.6 Å². The Labute approximate surface area is 265 Å². The zero-order valence-electron chi connectivity index (χ0n) is 26.0. The van der Waals surface area contributed by atoms with Crippen molar-refractivity contribution in [2.45, 2.75) is 89.4 Å². The van der Waals surface area contributed by atoms with Crippen LogP contribution in [0.1, 0.15) is 65.2 Å². The van der Waals surface area contributed by atoms with E-state index in [-0.39, 0.29) is 89.9 Å². The number of rotatable bonds is 21. The lowest BCUT2D eigenvalue weighted by Gasteiger charge is -2.30. The molecule has 0 aromatic carbocycles. The minimum atomic E-state index is -1.26. The van der Waals surface area contributed by atoms with Gasteiger partial charge in [-0.1, -0.05) is 0 Å². The molecule has 0 aromatic heterocycles. The van der Waals surface area contributed by atoms with Crippen molar-refractivity contribution in [3.05, 3.63) is 0 Å². The SMILES string of the molecule is CC(=O)N[C@@H](CCCN(O)C(C)=O)C(=O)N[C@H](CCCN=C(N)N)C(=O)N(O)CCC[C@@H]1NC(=O)[C@H](CCCN(O)C=O)NC1=O. The second-order valence-corrected chi connectivity index (χ2v) is 10.7. The maximum atomic E-state index is 13.2. The molecule has 1 heterocycles. The third-order valence-corrected chi connectivity index (χ3v) is 6.86. The summed E-state index contributed by atoms with van der Waals surface area (Å²) < 4.78 is 0. The lowest BCUT2D eigenvalue weighted by atomic mass is 10.0. The van der Waals surface area contributed by atoms with Crippen molar-refractivity contribution in [1.29, 1.82) is 0 Å². The Hall–Kier alpha value is -4.56. The standard InChI is InChI=1S/C26H46N10O10/c1-16(38)30-18(9-5-13-35(45)17(2)39)22(40)33-21(7-3-11-29-26(27)28)25(43)36(46)14-6-10-20-24(42)31-19(23(41)32-20)8-4-12-34(44)15-37/h15,18-21,44-46H,3-14H2,1-2H3,(H,30,38)(H,31,42)(H,32,41)(H,33,40)(H4,27,28,29)/t18-,19-,20-,21+/m0/s1. The van der Waals surface area contributed by atoms with E-state index in [1.807, 2.05) is 0 Å². The van der Waals surface area contributed by atoms with Crippen molar-refractivity contribution in [3.63, 3.8) is 0 Å². The van der Waals surface area contributed by atoms with E-state index in [1.165, 1.54) is 6.92 Å². The average molecular weight is 659 g/mol. The van der Waals surface area contributed by atoms with Gasteiger partial charge in [-0.05, 0) is 51.4 Å². The van der Waals surface area contributed by atoms with Crippen molar-refractivity contribution in [2.24, 2.45) is 16.5 Å². The Morgan fingerprint density at radius 2 is 1.39 bits per heavy atom. The summed E-state index contributed by atoms with van der Waals surface area (Å²) in [5.74, 6) is -3.88. The van der Waals surface area contributed by atoms with Gasteiger partial charge in [-0.3, -0.25) is 54.2 Å². The van der Waals surface area contributed by atoms with Crippen molar-refractivity contribution in [3.8, 4) is 0 Å². The van der Waals surface area contributed by atoms with Gasteiger partial charge < -0.3 is 32.7 Å². The summed E-state index contributed by atoms with van der Waals surface area (Å²) in [7, 11) is 0. The predicted molar refractivity (Wildman–Crippen MR) is 158 cm³/mol. The van der Waals surface area contributed by atoms with Gasteiger partial charge >= 0.3 is 0 Å². The van der Waals surface area contributed by atoms with Gasteiger partial charge in [0.15, 0.2) is 5.96 Å². The zero-order chi connectivity index (χ0) is 34.8. The van der Waals surface area contributed by atoms with Crippen LogP contribution in [0.2, 0.25) is 0 Å². The van der Waals surface area contributed by atoms with E-state index in [1.54, 1.807) is 0 Å². The number of nitrogens with two attached hydrogens (primary N) is 2. The van der Waals surface area contributed by atoms with E-state index in [4.69, 9.17) is 16.7 Å². The van der Waals surface area contributed by atoms with Crippen LogP contribution in [0, 0.1) is 0 Å². The quantitative estimate of drug-likeness (QED) is 0.0146. The molecule has 1 saturated heterocycles. The third-order valence-electron chi connectivity index (χ3n) is 6.86. The molecule has 11 N–H and O–H groups in total. The highest BCUT2D eigenvalue weighted by Gasteiger charge is 2.34. The van der Waals surface area contributed by atoms with Gasteiger partial charge in [0.2, 0.25) is 35.9 Å². The van der Waals surface area contributed by atoms with Crippen molar-refractivity contribution < 1.29 is 49.2 Å². The minimum Gasteiger partial charge on any atom is -0.370 e. The molecular formula is C26H46N10O10. The van der Waals surface area contributed by atoms with Crippen LogP contribution < -0.4 is 32.7 Å². The highest BCUT2D eigenvalue weighted by molar-refractivity contribution is 5.97. The number of hydroxylamine groups is 6. The molecular weight excluding hydrogens is 612 g/mol. The maximum Gasteiger partial charge on any atom is 0.268 e. The number of hydrogen-bond donors (Lipinski definition) is 9. The molecule has 1 aliphatic rings. The molecule has 260 valence electrons. The smallest absolute Gasteiger partial charge is 0.268 e. The number of nitrogens with one attached hydrogen (secondary N) is 4. The number of amides is 7. The molecule has 0 unspecified atom stereocenters. The first-order chi connectivity index (χ1) is 21.7. The molecule has 0 aliphatic carbocycles. The lowest BCUT2D eigenvalue weighted by Crippen LogP contribution is -2.61. The van der Waals surface area contributed by atoms with Crippen LogP contribution in [0.4, 0.5) is 0 Å². The molecule has 1 fully saturated rings. The molecule has 4 atom stereocenters. The Bertz CT molecular complexity index is 1100. The molecule has 20 heteroatoms. The van der Waals surface area contributed by atoms with Crippen LogP contribution >= 0.6 is 0 Å². The summed E-state index contributed by atoms with van der Waals surface area (Å²) in [5.41, 5.74) is 10.7. The van der Waals surface area contributed by atoms with Gasteiger partial charge in [0, 0.05) is 40.0 Å². The van der Waals surface area contributed by atoms with Crippen LogP contribution in [0.3, 0.4) is 0 Å². The summed E-state index contributed by atoms with van der Waals surface area (Å²) in [6.07, 6.45) is 1.21. The molecule has 1 rings (SSSR count).